The van der Waals surface area contributed by atoms with E-state index < -0.39 is 28.8 Å². The lowest BCUT2D eigenvalue weighted by atomic mass is 10.1. The molecule has 1 aromatic heterocycles. The van der Waals surface area contributed by atoms with Crippen molar-refractivity contribution in [3.05, 3.63) is 56.0 Å². The van der Waals surface area contributed by atoms with Crippen LogP contribution in [0, 0.1) is 24.4 Å². The van der Waals surface area contributed by atoms with E-state index in [0.717, 1.165) is 17.4 Å². The van der Waals surface area contributed by atoms with Gasteiger partial charge in [0, 0.05) is 0 Å². The van der Waals surface area contributed by atoms with Crippen molar-refractivity contribution in [3.63, 3.8) is 0 Å². The van der Waals surface area contributed by atoms with Crippen LogP contribution in [0.3, 0.4) is 0 Å². The Morgan fingerprint density at radius 2 is 1.89 bits per heavy atom. The normalized spacial score (nSPS) is 10.7. The summed E-state index contributed by atoms with van der Waals surface area (Å²) in [6.45, 7) is 1.69. The van der Waals surface area contributed by atoms with Gasteiger partial charge in [0.2, 0.25) is 5.78 Å². The molecule has 1 aromatic carbocycles. The lowest BCUT2D eigenvalue weighted by Gasteiger charge is -2.03. The lowest BCUT2D eigenvalue weighted by molar-refractivity contribution is 0.103. The Balaban J connectivity index is 2.54. The second kappa shape index (κ2) is 4.74. The van der Waals surface area contributed by atoms with Crippen molar-refractivity contribution in [2.45, 2.75) is 6.92 Å². The molecule has 2 rings (SSSR count). The number of carbonyl (C=O) groups excluding carboxylic acids is 1. The summed E-state index contributed by atoms with van der Waals surface area (Å²) >= 11 is 6.91. The molecule has 0 saturated heterocycles. The molecular weight excluding hydrogens is 285 g/mol. The van der Waals surface area contributed by atoms with Gasteiger partial charge in [-0.1, -0.05) is 11.6 Å². The zero-order chi connectivity index (χ0) is 13.4. The fourth-order valence-corrected chi connectivity index (χ4v) is 2.64. The number of ketones is 1. The van der Waals surface area contributed by atoms with Crippen LogP contribution in [0.5, 0.6) is 0 Å². The van der Waals surface area contributed by atoms with E-state index in [1.54, 1.807) is 12.3 Å². The number of hydrogen-bond acceptors (Lipinski definition) is 2. The predicted octanol–water partition coefficient (Wildman–Crippen LogP) is 4.36. The monoisotopic (exact) mass is 290 g/mol. The summed E-state index contributed by atoms with van der Waals surface area (Å²) < 4.78 is 39.3. The molecule has 0 fully saturated rings. The van der Waals surface area contributed by atoms with E-state index in [-0.39, 0.29) is 9.90 Å². The smallest absolute Gasteiger partial charge is 0.207 e. The Morgan fingerprint density at radius 1 is 1.22 bits per heavy atom. The molecule has 0 N–H and O–H groups in total. The molecule has 94 valence electrons. The van der Waals surface area contributed by atoms with Crippen LogP contribution in [-0.4, -0.2) is 5.78 Å². The molecule has 6 heteroatoms. The number of halogens is 4. The Kier molecular flexibility index (Phi) is 3.45. The van der Waals surface area contributed by atoms with Gasteiger partial charge in [0.25, 0.3) is 0 Å². The summed E-state index contributed by atoms with van der Waals surface area (Å²) in [6.07, 6.45) is 0. The van der Waals surface area contributed by atoms with Crippen LogP contribution in [0.2, 0.25) is 5.02 Å². The van der Waals surface area contributed by atoms with Gasteiger partial charge in [0.05, 0.1) is 15.5 Å². The summed E-state index contributed by atoms with van der Waals surface area (Å²) in [4.78, 5) is 12.1. The van der Waals surface area contributed by atoms with Crippen molar-refractivity contribution in [3.8, 4) is 0 Å². The van der Waals surface area contributed by atoms with Crippen LogP contribution in [0.25, 0.3) is 0 Å². The van der Waals surface area contributed by atoms with E-state index in [9.17, 15) is 18.0 Å². The standard InChI is InChI=1S/C12H6ClF3OS/c1-5-4-18-12(8(5)13)11(17)6-2-3-7(14)10(16)9(6)15/h2-4H,1H3. The summed E-state index contributed by atoms with van der Waals surface area (Å²) in [5.41, 5.74) is 0.144. The number of carbonyl (C=O) groups is 1. The topological polar surface area (TPSA) is 17.1 Å². The minimum absolute atomic E-state index is 0.110. The summed E-state index contributed by atoms with van der Waals surface area (Å²) in [5, 5.41) is 1.84. The number of rotatable bonds is 2. The zero-order valence-corrected chi connectivity index (χ0v) is 10.6. The Hall–Kier alpha value is -1.33. The van der Waals surface area contributed by atoms with Crippen LogP contribution >= 0.6 is 22.9 Å². The molecule has 0 radical (unpaired) electrons. The molecule has 1 nitrogen and oxygen atoms in total. The Labute approximate surface area is 110 Å². The van der Waals surface area contributed by atoms with E-state index in [1.165, 1.54) is 0 Å². The molecule has 0 amide bonds. The predicted molar refractivity (Wildman–Crippen MR) is 63.8 cm³/mol. The van der Waals surface area contributed by atoms with Gasteiger partial charge in [0.1, 0.15) is 0 Å². The average molecular weight is 291 g/mol. The Morgan fingerprint density at radius 3 is 2.44 bits per heavy atom. The highest BCUT2D eigenvalue weighted by atomic mass is 35.5. The highest BCUT2D eigenvalue weighted by molar-refractivity contribution is 7.13. The molecule has 1 heterocycles. The largest absolute Gasteiger partial charge is 0.288 e. The van der Waals surface area contributed by atoms with Crippen LogP contribution in [0.15, 0.2) is 17.5 Å². The number of thiophene rings is 1. The van der Waals surface area contributed by atoms with Crippen LogP contribution in [-0.2, 0) is 0 Å². The van der Waals surface area contributed by atoms with Crippen molar-refractivity contribution >= 4 is 28.7 Å². The van der Waals surface area contributed by atoms with Crippen molar-refractivity contribution in [1.82, 2.24) is 0 Å². The third-order valence-corrected chi connectivity index (χ3v) is 4.08. The van der Waals surface area contributed by atoms with E-state index in [0.29, 0.717) is 11.6 Å². The highest BCUT2D eigenvalue weighted by Gasteiger charge is 2.23. The molecular formula is C12H6ClF3OS. The summed E-state index contributed by atoms with van der Waals surface area (Å²) in [6, 6.07) is 1.61. The number of hydrogen-bond donors (Lipinski definition) is 0. The SMILES string of the molecule is Cc1csc(C(=O)c2ccc(F)c(F)c2F)c1Cl. The fourth-order valence-electron chi connectivity index (χ4n) is 1.41. The molecule has 0 saturated carbocycles. The molecule has 18 heavy (non-hydrogen) atoms. The van der Waals surface area contributed by atoms with Crippen molar-refractivity contribution < 1.29 is 18.0 Å². The van der Waals surface area contributed by atoms with Gasteiger partial charge in [-0.25, -0.2) is 13.2 Å². The third kappa shape index (κ3) is 2.04. The second-order valence-electron chi connectivity index (χ2n) is 3.61. The maximum atomic E-state index is 13.5. The van der Waals surface area contributed by atoms with E-state index >= 15 is 0 Å². The molecule has 0 unspecified atom stereocenters. The molecule has 0 bridgehead atoms. The lowest BCUT2D eigenvalue weighted by Crippen LogP contribution is -2.06. The summed E-state index contributed by atoms with van der Waals surface area (Å²) in [7, 11) is 0. The molecule has 0 aliphatic heterocycles. The van der Waals surface area contributed by atoms with Gasteiger partial charge in [-0.3, -0.25) is 4.79 Å². The second-order valence-corrected chi connectivity index (χ2v) is 4.87. The minimum atomic E-state index is -1.66. The first-order valence-electron chi connectivity index (χ1n) is 4.85. The third-order valence-electron chi connectivity index (χ3n) is 2.39. The molecule has 2 aromatic rings. The van der Waals surface area contributed by atoms with Crippen LogP contribution in [0.4, 0.5) is 13.2 Å². The van der Waals surface area contributed by atoms with E-state index in [2.05, 4.69) is 0 Å². The fraction of sp³-hybridized carbons (Fsp3) is 0.0833. The average Bonchev–Trinajstić information content (AvgIpc) is 2.67. The summed E-state index contributed by atoms with van der Waals surface area (Å²) in [5.74, 6) is -5.25. The van der Waals surface area contributed by atoms with E-state index in [4.69, 9.17) is 11.6 Å². The molecule has 0 atom stereocenters. The van der Waals surface area contributed by atoms with Gasteiger partial charge >= 0.3 is 0 Å². The van der Waals surface area contributed by atoms with Gasteiger partial charge in [-0.05, 0) is 30.0 Å². The van der Waals surface area contributed by atoms with Gasteiger partial charge in [-0.2, -0.15) is 0 Å². The minimum Gasteiger partial charge on any atom is -0.288 e. The molecule has 0 aliphatic rings. The number of aryl methyl sites for hydroxylation is 1. The maximum absolute atomic E-state index is 13.5. The first kappa shape index (κ1) is 13.1. The molecule has 0 spiro atoms. The van der Waals surface area contributed by atoms with Gasteiger partial charge in [0.15, 0.2) is 17.5 Å². The maximum Gasteiger partial charge on any atom is 0.207 e. The quantitative estimate of drug-likeness (QED) is 0.593. The van der Waals surface area contributed by atoms with E-state index in [1.807, 2.05) is 0 Å². The number of benzene rings is 1. The zero-order valence-electron chi connectivity index (χ0n) is 9.06. The van der Waals surface area contributed by atoms with Crippen molar-refractivity contribution in [2.75, 3.05) is 0 Å². The van der Waals surface area contributed by atoms with Gasteiger partial charge in [-0.15, -0.1) is 11.3 Å². The van der Waals surface area contributed by atoms with Gasteiger partial charge < -0.3 is 0 Å². The van der Waals surface area contributed by atoms with Crippen molar-refractivity contribution in [2.24, 2.45) is 0 Å². The highest BCUT2D eigenvalue weighted by Crippen LogP contribution is 2.30. The first-order valence-corrected chi connectivity index (χ1v) is 6.11. The first-order chi connectivity index (χ1) is 8.43. The Bertz CT molecular complexity index is 636. The molecule has 0 aliphatic carbocycles. The van der Waals surface area contributed by atoms with Crippen LogP contribution in [0.1, 0.15) is 20.8 Å². The van der Waals surface area contributed by atoms with Crippen molar-refractivity contribution in [1.29, 1.82) is 0 Å². The van der Waals surface area contributed by atoms with Crippen LogP contribution < -0.4 is 0 Å².